The second-order valence-corrected chi connectivity index (χ2v) is 4.76. The summed E-state index contributed by atoms with van der Waals surface area (Å²) in [6.07, 6.45) is -0.0908. The van der Waals surface area contributed by atoms with E-state index in [1.54, 1.807) is 25.3 Å². The molecule has 0 saturated heterocycles. The standard InChI is InChI=1S/C15H17N3O5/c1-22-11-4-3-9(5-12(11)23-2)8-16-13(19)6-10-7-14(20)18-15(21)17-10/h3-5,7H,6,8H2,1-2H3,(H,16,19)(H2,17,18,20,21). The first-order valence-corrected chi connectivity index (χ1v) is 6.82. The van der Waals surface area contributed by atoms with Gasteiger partial charge in [-0.05, 0) is 17.7 Å². The Morgan fingerprint density at radius 1 is 1.09 bits per heavy atom. The number of amides is 1. The van der Waals surface area contributed by atoms with Crippen molar-refractivity contribution in [3.8, 4) is 11.5 Å². The van der Waals surface area contributed by atoms with Crippen LogP contribution in [0.1, 0.15) is 11.3 Å². The average molecular weight is 319 g/mol. The first-order valence-electron chi connectivity index (χ1n) is 6.82. The van der Waals surface area contributed by atoms with Gasteiger partial charge < -0.3 is 19.8 Å². The molecule has 0 aliphatic heterocycles. The number of H-pyrrole nitrogens is 2. The molecule has 0 aliphatic rings. The highest BCUT2D eigenvalue weighted by molar-refractivity contribution is 5.78. The van der Waals surface area contributed by atoms with Crippen molar-refractivity contribution >= 4 is 5.91 Å². The van der Waals surface area contributed by atoms with E-state index < -0.39 is 11.2 Å². The van der Waals surface area contributed by atoms with Crippen LogP contribution in [0, 0.1) is 0 Å². The summed E-state index contributed by atoms with van der Waals surface area (Å²) >= 11 is 0. The van der Waals surface area contributed by atoms with Gasteiger partial charge in [0.2, 0.25) is 5.91 Å². The van der Waals surface area contributed by atoms with E-state index in [0.29, 0.717) is 11.5 Å². The Kier molecular flexibility index (Phi) is 5.19. The summed E-state index contributed by atoms with van der Waals surface area (Å²) in [5, 5.41) is 2.71. The average Bonchev–Trinajstić information content (AvgIpc) is 2.51. The van der Waals surface area contributed by atoms with E-state index in [0.717, 1.165) is 5.56 Å². The van der Waals surface area contributed by atoms with Gasteiger partial charge in [0.15, 0.2) is 11.5 Å². The number of hydrogen-bond acceptors (Lipinski definition) is 5. The molecule has 1 aromatic carbocycles. The number of methoxy groups -OCH3 is 2. The molecule has 1 aromatic heterocycles. The summed E-state index contributed by atoms with van der Waals surface area (Å²) in [5.74, 6) is 0.850. The molecule has 0 atom stereocenters. The van der Waals surface area contributed by atoms with Crippen molar-refractivity contribution in [1.82, 2.24) is 15.3 Å². The number of nitrogens with one attached hydrogen (secondary N) is 3. The smallest absolute Gasteiger partial charge is 0.325 e. The van der Waals surface area contributed by atoms with Crippen molar-refractivity contribution in [1.29, 1.82) is 0 Å². The molecule has 0 bridgehead atoms. The van der Waals surface area contributed by atoms with Gasteiger partial charge in [-0.2, -0.15) is 0 Å². The molecule has 1 amide bonds. The highest BCUT2D eigenvalue weighted by atomic mass is 16.5. The summed E-state index contributed by atoms with van der Waals surface area (Å²) in [6.45, 7) is 0.284. The Balaban J connectivity index is 1.99. The topological polar surface area (TPSA) is 113 Å². The first kappa shape index (κ1) is 16.3. The molecule has 0 radical (unpaired) electrons. The lowest BCUT2D eigenvalue weighted by Crippen LogP contribution is -2.28. The van der Waals surface area contributed by atoms with E-state index in [-0.39, 0.29) is 24.6 Å². The Labute approximate surface area is 131 Å². The molecule has 2 aromatic rings. The van der Waals surface area contributed by atoms with Gasteiger partial charge in [-0.15, -0.1) is 0 Å². The normalized spacial score (nSPS) is 10.2. The van der Waals surface area contributed by atoms with Crippen LogP contribution >= 0.6 is 0 Å². The minimum Gasteiger partial charge on any atom is -0.493 e. The quantitative estimate of drug-likeness (QED) is 0.690. The van der Waals surface area contributed by atoms with Crippen LogP contribution in [-0.4, -0.2) is 30.1 Å². The Morgan fingerprint density at radius 3 is 2.48 bits per heavy atom. The first-order chi connectivity index (χ1) is 11.0. The maximum Gasteiger partial charge on any atom is 0.325 e. The van der Waals surface area contributed by atoms with Crippen molar-refractivity contribution in [3.05, 3.63) is 56.4 Å². The van der Waals surface area contributed by atoms with E-state index in [1.165, 1.54) is 13.2 Å². The highest BCUT2D eigenvalue weighted by Gasteiger charge is 2.08. The SMILES string of the molecule is COc1ccc(CNC(=O)Cc2cc(=O)[nH]c(=O)[nH]2)cc1OC. The fourth-order valence-corrected chi connectivity index (χ4v) is 2.04. The van der Waals surface area contributed by atoms with Gasteiger partial charge in [0, 0.05) is 18.3 Å². The van der Waals surface area contributed by atoms with Gasteiger partial charge in [-0.3, -0.25) is 14.6 Å². The summed E-state index contributed by atoms with van der Waals surface area (Å²) in [6, 6.07) is 6.48. The molecule has 0 spiro atoms. The van der Waals surface area contributed by atoms with Crippen LogP contribution in [0.3, 0.4) is 0 Å². The molecule has 3 N–H and O–H groups in total. The van der Waals surface area contributed by atoms with E-state index >= 15 is 0 Å². The van der Waals surface area contributed by atoms with E-state index in [4.69, 9.17) is 9.47 Å². The van der Waals surface area contributed by atoms with E-state index in [1.807, 2.05) is 4.98 Å². The Morgan fingerprint density at radius 2 is 1.83 bits per heavy atom. The van der Waals surface area contributed by atoms with Gasteiger partial charge in [-0.1, -0.05) is 6.07 Å². The molecule has 0 aliphatic carbocycles. The summed E-state index contributed by atoms with van der Waals surface area (Å²) in [7, 11) is 3.07. The molecule has 23 heavy (non-hydrogen) atoms. The van der Waals surface area contributed by atoms with Gasteiger partial charge in [-0.25, -0.2) is 4.79 Å². The lowest BCUT2D eigenvalue weighted by Gasteiger charge is -2.10. The number of carbonyl (C=O) groups excluding carboxylic acids is 1. The maximum absolute atomic E-state index is 11.9. The molecule has 1 heterocycles. The number of ether oxygens (including phenoxy) is 2. The van der Waals surface area contributed by atoms with Crippen molar-refractivity contribution in [2.24, 2.45) is 0 Å². The maximum atomic E-state index is 11.9. The molecular formula is C15H17N3O5. The van der Waals surface area contributed by atoms with Crippen molar-refractivity contribution in [2.45, 2.75) is 13.0 Å². The Bertz CT molecular complexity index is 781. The van der Waals surface area contributed by atoms with Crippen LogP contribution in [0.5, 0.6) is 11.5 Å². The molecule has 2 rings (SSSR count). The third-order valence-corrected chi connectivity index (χ3v) is 3.10. The number of aromatic nitrogens is 2. The lowest BCUT2D eigenvalue weighted by atomic mass is 10.2. The van der Waals surface area contributed by atoms with Gasteiger partial charge >= 0.3 is 5.69 Å². The van der Waals surface area contributed by atoms with Crippen LogP contribution in [0.15, 0.2) is 33.9 Å². The molecule has 8 nitrogen and oxygen atoms in total. The molecule has 0 unspecified atom stereocenters. The predicted molar refractivity (Wildman–Crippen MR) is 82.8 cm³/mol. The minimum absolute atomic E-state index is 0.0908. The van der Waals surface area contributed by atoms with E-state index in [2.05, 4.69) is 10.3 Å². The summed E-state index contributed by atoms with van der Waals surface area (Å²) in [5.41, 5.74) is -0.101. The predicted octanol–water partition coefficient (Wildman–Crippen LogP) is -0.0607. The number of rotatable bonds is 6. The fraction of sp³-hybridized carbons (Fsp3) is 0.267. The Hall–Kier alpha value is -3.03. The highest BCUT2D eigenvalue weighted by Crippen LogP contribution is 2.27. The zero-order chi connectivity index (χ0) is 16.8. The minimum atomic E-state index is -0.639. The molecule has 0 saturated carbocycles. The zero-order valence-electron chi connectivity index (χ0n) is 12.8. The van der Waals surface area contributed by atoms with Crippen LogP contribution in [0.2, 0.25) is 0 Å². The second-order valence-electron chi connectivity index (χ2n) is 4.76. The van der Waals surface area contributed by atoms with Crippen molar-refractivity contribution < 1.29 is 14.3 Å². The monoisotopic (exact) mass is 319 g/mol. The van der Waals surface area contributed by atoms with Crippen LogP contribution in [0.25, 0.3) is 0 Å². The number of benzene rings is 1. The fourth-order valence-electron chi connectivity index (χ4n) is 2.04. The lowest BCUT2D eigenvalue weighted by molar-refractivity contribution is -0.120. The van der Waals surface area contributed by atoms with Gasteiger partial charge in [0.1, 0.15) is 0 Å². The number of aromatic amines is 2. The summed E-state index contributed by atoms with van der Waals surface area (Å²) in [4.78, 5) is 38.6. The molecule has 8 heteroatoms. The molecular weight excluding hydrogens is 302 g/mol. The number of carbonyl (C=O) groups is 1. The largest absolute Gasteiger partial charge is 0.493 e. The van der Waals surface area contributed by atoms with Crippen molar-refractivity contribution in [2.75, 3.05) is 14.2 Å². The second kappa shape index (κ2) is 7.30. The van der Waals surface area contributed by atoms with Gasteiger partial charge in [0.25, 0.3) is 5.56 Å². The number of hydrogen-bond donors (Lipinski definition) is 3. The van der Waals surface area contributed by atoms with Crippen LogP contribution < -0.4 is 26.0 Å². The molecule has 0 fully saturated rings. The molecule has 122 valence electrons. The van der Waals surface area contributed by atoms with E-state index in [9.17, 15) is 14.4 Å². The van der Waals surface area contributed by atoms with Gasteiger partial charge in [0.05, 0.1) is 20.6 Å². The van der Waals surface area contributed by atoms with Crippen LogP contribution in [0.4, 0.5) is 0 Å². The summed E-state index contributed by atoms with van der Waals surface area (Å²) < 4.78 is 10.3. The zero-order valence-corrected chi connectivity index (χ0v) is 12.8. The van der Waals surface area contributed by atoms with Crippen molar-refractivity contribution in [3.63, 3.8) is 0 Å². The van der Waals surface area contributed by atoms with Crippen LogP contribution in [-0.2, 0) is 17.8 Å². The third kappa shape index (κ3) is 4.47. The third-order valence-electron chi connectivity index (χ3n) is 3.10.